The minimum absolute atomic E-state index is 0.0133. The molecular weight excluding hydrogens is 262 g/mol. The largest absolute Gasteiger partial charge is 0.481 e. The number of ether oxygens (including phenoxy) is 1. The van der Waals surface area contributed by atoms with Crippen LogP contribution in [0.3, 0.4) is 0 Å². The van der Waals surface area contributed by atoms with Crippen molar-refractivity contribution in [2.45, 2.75) is 39.5 Å². The van der Waals surface area contributed by atoms with Crippen molar-refractivity contribution >= 4 is 11.6 Å². The summed E-state index contributed by atoms with van der Waals surface area (Å²) in [6.07, 6.45) is -0.704. The summed E-state index contributed by atoms with van der Waals surface area (Å²) in [5.74, 6) is 0.130. The smallest absolute Gasteiger partial charge is 0.270 e. The Morgan fingerprint density at radius 2 is 2.10 bits per heavy atom. The van der Waals surface area contributed by atoms with E-state index in [1.165, 1.54) is 18.2 Å². The zero-order valence-electron chi connectivity index (χ0n) is 11.8. The van der Waals surface area contributed by atoms with Gasteiger partial charge in [0, 0.05) is 30.3 Å². The van der Waals surface area contributed by atoms with Crippen molar-refractivity contribution in [2.24, 2.45) is 5.73 Å². The van der Waals surface area contributed by atoms with Gasteiger partial charge in [0.15, 0.2) is 6.10 Å². The van der Waals surface area contributed by atoms with Crippen LogP contribution in [0.4, 0.5) is 5.69 Å². The summed E-state index contributed by atoms with van der Waals surface area (Å²) < 4.78 is 5.52. The SMILES string of the molecule is CC(C)NC(=O)C(C)Oc1ccc([N+](=O)[O-])cc1CN. The van der Waals surface area contributed by atoms with E-state index in [0.29, 0.717) is 11.3 Å². The highest BCUT2D eigenvalue weighted by atomic mass is 16.6. The average molecular weight is 281 g/mol. The molecule has 0 aliphatic carbocycles. The Kier molecular flexibility index (Phi) is 5.45. The van der Waals surface area contributed by atoms with Crippen LogP contribution in [0.1, 0.15) is 26.3 Å². The van der Waals surface area contributed by atoms with Gasteiger partial charge in [-0.05, 0) is 26.8 Å². The van der Waals surface area contributed by atoms with Crippen molar-refractivity contribution in [3.8, 4) is 5.75 Å². The number of rotatable bonds is 6. The van der Waals surface area contributed by atoms with Gasteiger partial charge in [-0.3, -0.25) is 14.9 Å². The van der Waals surface area contributed by atoms with Gasteiger partial charge >= 0.3 is 0 Å². The minimum atomic E-state index is -0.704. The summed E-state index contributed by atoms with van der Waals surface area (Å²) in [4.78, 5) is 21.9. The first-order chi connectivity index (χ1) is 9.35. The molecule has 1 aromatic rings. The van der Waals surface area contributed by atoms with Crippen LogP contribution in [0.5, 0.6) is 5.75 Å². The van der Waals surface area contributed by atoms with Gasteiger partial charge in [-0.1, -0.05) is 0 Å². The molecule has 0 heterocycles. The zero-order chi connectivity index (χ0) is 15.3. The summed E-state index contributed by atoms with van der Waals surface area (Å²) in [5, 5.41) is 13.4. The summed E-state index contributed by atoms with van der Waals surface area (Å²) in [6, 6.07) is 4.14. The second kappa shape index (κ2) is 6.85. The van der Waals surface area contributed by atoms with Crippen molar-refractivity contribution in [2.75, 3.05) is 0 Å². The fourth-order valence-electron chi connectivity index (χ4n) is 1.60. The molecule has 0 saturated carbocycles. The summed E-state index contributed by atoms with van der Waals surface area (Å²) in [7, 11) is 0. The van der Waals surface area contributed by atoms with Crippen LogP contribution in [-0.2, 0) is 11.3 Å². The zero-order valence-corrected chi connectivity index (χ0v) is 11.8. The van der Waals surface area contributed by atoms with Crippen LogP contribution in [-0.4, -0.2) is 23.0 Å². The maximum atomic E-state index is 11.8. The summed E-state index contributed by atoms with van der Waals surface area (Å²) in [5.41, 5.74) is 5.98. The van der Waals surface area contributed by atoms with Gasteiger partial charge in [0.05, 0.1) is 4.92 Å². The van der Waals surface area contributed by atoms with Gasteiger partial charge < -0.3 is 15.8 Å². The molecule has 1 atom stereocenters. The third-order valence-electron chi connectivity index (χ3n) is 2.58. The molecule has 1 rings (SSSR count). The first-order valence-electron chi connectivity index (χ1n) is 6.29. The Balaban J connectivity index is 2.86. The number of carbonyl (C=O) groups excluding carboxylic acids is 1. The highest BCUT2D eigenvalue weighted by Gasteiger charge is 2.18. The molecule has 1 amide bonds. The van der Waals surface area contributed by atoms with E-state index < -0.39 is 11.0 Å². The van der Waals surface area contributed by atoms with Crippen LogP contribution in [0.25, 0.3) is 0 Å². The molecule has 0 bridgehead atoms. The number of non-ortho nitro benzene ring substituents is 1. The lowest BCUT2D eigenvalue weighted by atomic mass is 10.1. The van der Waals surface area contributed by atoms with Gasteiger partial charge in [-0.2, -0.15) is 0 Å². The minimum Gasteiger partial charge on any atom is -0.481 e. The second-order valence-electron chi connectivity index (χ2n) is 4.68. The number of nitrogens with two attached hydrogens (primary N) is 1. The highest BCUT2D eigenvalue weighted by molar-refractivity contribution is 5.81. The van der Waals surface area contributed by atoms with Crippen molar-refractivity contribution in [1.29, 1.82) is 0 Å². The van der Waals surface area contributed by atoms with Gasteiger partial charge in [0.1, 0.15) is 5.75 Å². The number of nitrogens with one attached hydrogen (secondary N) is 1. The predicted molar refractivity (Wildman–Crippen MR) is 74.4 cm³/mol. The number of hydrogen-bond acceptors (Lipinski definition) is 5. The third kappa shape index (κ3) is 4.20. The van der Waals surface area contributed by atoms with E-state index in [1.807, 2.05) is 13.8 Å². The standard InChI is InChI=1S/C13H19N3O4/c1-8(2)15-13(17)9(3)20-12-5-4-11(16(18)19)6-10(12)7-14/h4-6,8-9H,7,14H2,1-3H3,(H,15,17). The molecule has 1 unspecified atom stereocenters. The molecule has 0 saturated heterocycles. The van der Waals surface area contributed by atoms with E-state index in [0.717, 1.165) is 0 Å². The Labute approximate surface area is 117 Å². The molecule has 110 valence electrons. The first-order valence-corrected chi connectivity index (χ1v) is 6.29. The molecule has 0 spiro atoms. The molecule has 0 aliphatic rings. The third-order valence-corrected chi connectivity index (χ3v) is 2.58. The summed E-state index contributed by atoms with van der Waals surface area (Å²) >= 11 is 0. The molecule has 7 nitrogen and oxygen atoms in total. The van der Waals surface area contributed by atoms with Gasteiger partial charge in [-0.25, -0.2) is 0 Å². The summed E-state index contributed by atoms with van der Waals surface area (Å²) in [6.45, 7) is 5.40. The lowest BCUT2D eigenvalue weighted by molar-refractivity contribution is -0.384. The number of nitrogens with zero attached hydrogens (tertiary/aromatic N) is 1. The van der Waals surface area contributed by atoms with E-state index in [9.17, 15) is 14.9 Å². The van der Waals surface area contributed by atoms with E-state index in [2.05, 4.69) is 5.32 Å². The Bertz CT molecular complexity index is 502. The fourth-order valence-corrected chi connectivity index (χ4v) is 1.60. The topological polar surface area (TPSA) is 107 Å². The van der Waals surface area contributed by atoms with Gasteiger partial charge in [0.25, 0.3) is 11.6 Å². The van der Waals surface area contributed by atoms with Crippen LogP contribution in [0, 0.1) is 10.1 Å². The van der Waals surface area contributed by atoms with Gasteiger partial charge in [0.2, 0.25) is 0 Å². The number of carbonyl (C=O) groups is 1. The molecule has 0 aliphatic heterocycles. The molecular formula is C13H19N3O4. The number of nitro groups is 1. The highest BCUT2D eigenvalue weighted by Crippen LogP contribution is 2.24. The van der Waals surface area contributed by atoms with Crippen LogP contribution in [0.15, 0.2) is 18.2 Å². The quantitative estimate of drug-likeness (QED) is 0.604. The fraction of sp³-hybridized carbons (Fsp3) is 0.462. The Morgan fingerprint density at radius 3 is 2.60 bits per heavy atom. The molecule has 1 aromatic carbocycles. The van der Waals surface area contributed by atoms with Crippen LogP contribution >= 0.6 is 0 Å². The Morgan fingerprint density at radius 1 is 1.45 bits per heavy atom. The lowest BCUT2D eigenvalue weighted by Gasteiger charge is -2.18. The number of benzene rings is 1. The molecule has 0 fully saturated rings. The first kappa shape index (κ1) is 15.9. The van der Waals surface area contributed by atoms with Crippen LogP contribution < -0.4 is 15.8 Å². The van der Waals surface area contributed by atoms with Crippen molar-refractivity contribution in [3.63, 3.8) is 0 Å². The van der Waals surface area contributed by atoms with E-state index in [4.69, 9.17) is 10.5 Å². The number of amides is 1. The maximum absolute atomic E-state index is 11.8. The second-order valence-corrected chi connectivity index (χ2v) is 4.68. The molecule has 3 N–H and O–H groups in total. The average Bonchev–Trinajstić information content (AvgIpc) is 2.37. The molecule has 0 aromatic heterocycles. The van der Waals surface area contributed by atoms with Crippen molar-refractivity contribution < 1.29 is 14.5 Å². The Hall–Kier alpha value is -2.15. The van der Waals surface area contributed by atoms with E-state index >= 15 is 0 Å². The maximum Gasteiger partial charge on any atom is 0.270 e. The van der Waals surface area contributed by atoms with Crippen molar-refractivity contribution in [1.82, 2.24) is 5.32 Å². The number of nitro benzene ring substituents is 1. The normalized spacial score (nSPS) is 12.1. The molecule has 0 radical (unpaired) electrons. The number of hydrogen-bond donors (Lipinski definition) is 2. The predicted octanol–water partition coefficient (Wildman–Crippen LogP) is 1.35. The molecule has 7 heteroatoms. The van der Waals surface area contributed by atoms with E-state index in [-0.39, 0.29) is 24.2 Å². The van der Waals surface area contributed by atoms with Crippen molar-refractivity contribution in [3.05, 3.63) is 33.9 Å². The van der Waals surface area contributed by atoms with Gasteiger partial charge in [-0.15, -0.1) is 0 Å². The lowest BCUT2D eigenvalue weighted by Crippen LogP contribution is -2.40. The van der Waals surface area contributed by atoms with E-state index in [1.54, 1.807) is 6.92 Å². The molecule has 20 heavy (non-hydrogen) atoms. The van der Waals surface area contributed by atoms with Crippen LogP contribution in [0.2, 0.25) is 0 Å². The monoisotopic (exact) mass is 281 g/mol.